The molecule has 1 aromatic rings. The van der Waals surface area contributed by atoms with E-state index in [1.807, 2.05) is 6.07 Å². The van der Waals surface area contributed by atoms with Gasteiger partial charge in [0.15, 0.2) is 0 Å². The van der Waals surface area contributed by atoms with Crippen LogP contribution < -0.4 is 5.73 Å². The molecule has 1 aromatic heterocycles. The molecular weight excluding hydrogens is 200 g/mol. The molecule has 1 heterocycles. The molecule has 0 bridgehead atoms. The highest BCUT2D eigenvalue weighted by Crippen LogP contribution is 2.23. The fourth-order valence-corrected chi connectivity index (χ4v) is 1.34. The maximum Gasteiger partial charge on any atom is 0.280 e. The lowest BCUT2D eigenvalue weighted by Crippen LogP contribution is -2.07. The van der Waals surface area contributed by atoms with Gasteiger partial charge in [-0.3, -0.25) is 4.98 Å². The van der Waals surface area contributed by atoms with Crippen LogP contribution in [-0.2, 0) is 13.0 Å². The third-order valence-corrected chi connectivity index (χ3v) is 2.13. The third-order valence-electron chi connectivity index (χ3n) is 2.13. The summed E-state index contributed by atoms with van der Waals surface area (Å²) >= 11 is 0. The molecule has 0 radical (unpaired) electrons. The van der Waals surface area contributed by atoms with Crippen LogP contribution in [0.5, 0.6) is 0 Å². The highest BCUT2D eigenvalue weighted by Gasteiger charge is 2.16. The average Bonchev–Trinajstić information content (AvgIpc) is 2.20. The van der Waals surface area contributed by atoms with Crippen molar-refractivity contribution < 1.29 is 8.78 Å². The summed E-state index contributed by atoms with van der Waals surface area (Å²) in [6.07, 6.45) is -2.72. The first-order valence-corrected chi connectivity index (χ1v) is 4.44. The van der Waals surface area contributed by atoms with E-state index in [4.69, 9.17) is 11.0 Å². The number of aryl methyl sites for hydroxylation is 1. The van der Waals surface area contributed by atoms with E-state index in [1.54, 1.807) is 6.92 Å². The van der Waals surface area contributed by atoms with Crippen molar-refractivity contribution in [3.8, 4) is 6.07 Å². The monoisotopic (exact) mass is 211 g/mol. The van der Waals surface area contributed by atoms with Crippen LogP contribution in [0.15, 0.2) is 6.07 Å². The van der Waals surface area contributed by atoms with E-state index in [1.165, 1.54) is 6.07 Å². The Kier molecular flexibility index (Phi) is 3.69. The smallest absolute Gasteiger partial charge is 0.280 e. The molecule has 1 rings (SSSR count). The number of nitrogens with zero attached hydrogens (tertiary/aromatic N) is 2. The number of pyridine rings is 1. The number of hydrogen-bond donors (Lipinski definition) is 1. The molecule has 0 aliphatic heterocycles. The van der Waals surface area contributed by atoms with Crippen molar-refractivity contribution in [3.05, 3.63) is 28.6 Å². The Morgan fingerprint density at radius 3 is 2.67 bits per heavy atom. The zero-order valence-electron chi connectivity index (χ0n) is 8.30. The van der Waals surface area contributed by atoms with Crippen LogP contribution in [0, 0.1) is 18.3 Å². The first kappa shape index (κ1) is 11.5. The molecule has 0 saturated heterocycles. The molecule has 0 aliphatic rings. The number of rotatable bonds is 3. The minimum Gasteiger partial charge on any atom is -0.326 e. The SMILES string of the molecule is Cc1nc(C(F)F)c(CC#N)cc1CN. The summed E-state index contributed by atoms with van der Waals surface area (Å²) in [7, 11) is 0. The summed E-state index contributed by atoms with van der Waals surface area (Å²) in [5.74, 6) is 0. The number of alkyl halides is 2. The molecular formula is C10H11F2N3. The van der Waals surface area contributed by atoms with Crippen molar-refractivity contribution in [2.24, 2.45) is 5.73 Å². The van der Waals surface area contributed by atoms with Gasteiger partial charge in [-0.25, -0.2) is 8.78 Å². The fraction of sp³-hybridized carbons (Fsp3) is 0.400. The molecule has 0 fully saturated rings. The Morgan fingerprint density at radius 1 is 1.53 bits per heavy atom. The second-order valence-corrected chi connectivity index (χ2v) is 3.12. The van der Waals surface area contributed by atoms with Gasteiger partial charge in [0.1, 0.15) is 5.69 Å². The van der Waals surface area contributed by atoms with E-state index >= 15 is 0 Å². The molecule has 5 heteroatoms. The van der Waals surface area contributed by atoms with Gasteiger partial charge in [0.05, 0.1) is 12.5 Å². The first-order chi connectivity index (χ1) is 7.10. The third kappa shape index (κ3) is 2.48. The first-order valence-electron chi connectivity index (χ1n) is 4.44. The predicted octanol–water partition coefficient (Wildman–Crippen LogP) is 1.85. The summed E-state index contributed by atoms with van der Waals surface area (Å²) in [4.78, 5) is 3.78. The van der Waals surface area contributed by atoms with Crippen LogP contribution in [-0.4, -0.2) is 4.98 Å². The minimum absolute atomic E-state index is 0.0695. The maximum atomic E-state index is 12.6. The zero-order valence-corrected chi connectivity index (χ0v) is 8.30. The van der Waals surface area contributed by atoms with Gasteiger partial charge in [-0.1, -0.05) is 0 Å². The van der Waals surface area contributed by atoms with Gasteiger partial charge in [-0.05, 0) is 24.1 Å². The fourth-order valence-electron chi connectivity index (χ4n) is 1.34. The average molecular weight is 211 g/mol. The summed E-state index contributed by atoms with van der Waals surface area (Å²) in [5.41, 5.74) is 6.57. The molecule has 0 aliphatic carbocycles. The molecule has 0 spiro atoms. The van der Waals surface area contributed by atoms with Gasteiger partial charge in [0.2, 0.25) is 0 Å². The number of aromatic nitrogens is 1. The topological polar surface area (TPSA) is 62.7 Å². The van der Waals surface area contributed by atoms with E-state index in [0.717, 1.165) is 0 Å². The van der Waals surface area contributed by atoms with Crippen LogP contribution in [0.2, 0.25) is 0 Å². The van der Waals surface area contributed by atoms with Crippen molar-refractivity contribution in [3.63, 3.8) is 0 Å². The Morgan fingerprint density at radius 2 is 2.20 bits per heavy atom. The van der Waals surface area contributed by atoms with E-state index in [9.17, 15) is 8.78 Å². The highest BCUT2D eigenvalue weighted by atomic mass is 19.3. The lowest BCUT2D eigenvalue weighted by atomic mass is 10.1. The van der Waals surface area contributed by atoms with Crippen molar-refractivity contribution in [1.82, 2.24) is 4.98 Å². The van der Waals surface area contributed by atoms with Crippen LogP contribution >= 0.6 is 0 Å². The minimum atomic E-state index is -2.65. The molecule has 0 saturated carbocycles. The quantitative estimate of drug-likeness (QED) is 0.829. The van der Waals surface area contributed by atoms with E-state index in [-0.39, 0.29) is 24.2 Å². The van der Waals surface area contributed by atoms with E-state index in [0.29, 0.717) is 11.3 Å². The molecule has 0 aromatic carbocycles. The molecule has 0 atom stereocenters. The summed E-state index contributed by atoms with van der Waals surface area (Å²) in [6.45, 7) is 1.87. The van der Waals surface area contributed by atoms with E-state index < -0.39 is 6.43 Å². The zero-order chi connectivity index (χ0) is 11.4. The van der Waals surface area contributed by atoms with Gasteiger partial charge >= 0.3 is 0 Å². The number of hydrogen-bond acceptors (Lipinski definition) is 3. The molecule has 2 N–H and O–H groups in total. The molecule has 80 valence electrons. The van der Waals surface area contributed by atoms with Crippen LogP contribution in [0.25, 0.3) is 0 Å². The molecule has 3 nitrogen and oxygen atoms in total. The molecule has 15 heavy (non-hydrogen) atoms. The molecule has 0 unspecified atom stereocenters. The summed E-state index contributed by atoms with van der Waals surface area (Å²) in [6, 6.07) is 3.37. The summed E-state index contributed by atoms with van der Waals surface area (Å²) < 4.78 is 25.1. The maximum absolute atomic E-state index is 12.6. The normalized spacial score (nSPS) is 10.4. The lowest BCUT2D eigenvalue weighted by molar-refractivity contribution is 0.145. The Bertz CT molecular complexity index is 396. The van der Waals surface area contributed by atoms with Crippen LogP contribution in [0.3, 0.4) is 0 Å². The van der Waals surface area contributed by atoms with Crippen molar-refractivity contribution in [1.29, 1.82) is 5.26 Å². The second kappa shape index (κ2) is 4.80. The van der Waals surface area contributed by atoms with Crippen molar-refractivity contribution in [2.45, 2.75) is 26.3 Å². The number of halogens is 2. The predicted molar refractivity (Wildman–Crippen MR) is 51.1 cm³/mol. The highest BCUT2D eigenvalue weighted by molar-refractivity contribution is 5.32. The van der Waals surface area contributed by atoms with Gasteiger partial charge in [-0.2, -0.15) is 5.26 Å². The Balaban J connectivity index is 3.26. The Hall–Kier alpha value is -1.54. The van der Waals surface area contributed by atoms with Gasteiger partial charge in [-0.15, -0.1) is 0 Å². The number of nitrogens with two attached hydrogens (primary N) is 1. The van der Waals surface area contributed by atoms with Crippen molar-refractivity contribution >= 4 is 0 Å². The number of nitriles is 1. The molecule has 0 amide bonds. The Labute approximate surface area is 86.5 Å². The van der Waals surface area contributed by atoms with Gasteiger partial charge < -0.3 is 5.73 Å². The van der Waals surface area contributed by atoms with Gasteiger partial charge in [0.25, 0.3) is 6.43 Å². The van der Waals surface area contributed by atoms with Crippen LogP contribution in [0.1, 0.15) is 28.9 Å². The summed E-state index contributed by atoms with van der Waals surface area (Å²) in [5, 5.41) is 8.50. The standard InChI is InChI=1S/C10H11F2N3/c1-6-8(5-14)4-7(2-3-13)9(15-6)10(11)12/h4,10H,2,5,14H2,1H3. The van der Waals surface area contributed by atoms with Crippen LogP contribution in [0.4, 0.5) is 8.78 Å². The lowest BCUT2D eigenvalue weighted by Gasteiger charge is -2.09. The van der Waals surface area contributed by atoms with Gasteiger partial charge in [0, 0.05) is 12.2 Å². The van der Waals surface area contributed by atoms with E-state index in [2.05, 4.69) is 4.98 Å². The largest absolute Gasteiger partial charge is 0.326 e. The second-order valence-electron chi connectivity index (χ2n) is 3.12. The van der Waals surface area contributed by atoms with Crippen molar-refractivity contribution in [2.75, 3.05) is 0 Å².